The molecule has 1 aliphatic rings. The number of halogens is 1. The molecule has 84 valence electrons. The van der Waals surface area contributed by atoms with Crippen LogP contribution < -0.4 is 5.32 Å². The van der Waals surface area contributed by atoms with Gasteiger partial charge in [-0.1, -0.05) is 0 Å². The second-order valence-electron chi connectivity index (χ2n) is 3.90. The molecule has 0 saturated carbocycles. The number of nitrogens with one attached hydrogen (secondary N) is 1. The Morgan fingerprint density at radius 3 is 3.07 bits per heavy atom. The lowest BCUT2D eigenvalue weighted by atomic mass is 10.2. The third-order valence-electron chi connectivity index (χ3n) is 2.62. The van der Waals surface area contributed by atoms with E-state index in [1.165, 1.54) is 3.57 Å². The lowest BCUT2D eigenvalue weighted by molar-refractivity contribution is 0.0351. The van der Waals surface area contributed by atoms with Crippen LogP contribution >= 0.6 is 22.6 Å². The van der Waals surface area contributed by atoms with Crippen molar-refractivity contribution in [3.8, 4) is 0 Å². The van der Waals surface area contributed by atoms with Gasteiger partial charge >= 0.3 is 0 Å². The summed E-state index contributed by atoms with van der Waals surface area (Å²) in [4.78, 5) is 0. The van der Waals surface area contributed by atoms with E-state index < -0.39 is 0 Å². The van der Waals surface area contributed by atoms with Crippen LogP contribution in [0.1, 0.15) is 12.8 Å². The number of ether oxygens (including phenoxy) is 1. The van der Waals surface area contributed by atoms with Crippen molar-refractivity contribution in [3.05, 3.63) is 16.0 Å². The molecule has 2 heterocycles. The lowest BCUT2D eigenvalue weighted by Crippen LogP contribution is -2.25. The summed E-state index contributed by atoms with van der Waals surface area (Å²) in [5.41, 5.74) is 0. The van der Waals surface area contributed by atoms with Crippen LogP contribution in [0.5, 0.6) is 0 Å². The zero-order valence-corrected chi connectivity index (χ0v) is 11.0. The molecule has 0 bridgehead atoms. The predicted octanol–water partition coefficient (Wildman–Crippen LogP) is 1.25. The van der Waals surface area contributed by atoms with Crippen molar-refractivity contribution in [2.75, 3.05) is 13.6 Å². The van der Waals surface area contributed by atoms with Crippen LogP contribution in [0.3, 0.4) is 0 Å². The summed E-state index contributed by atoms with van der Waals surface area (Å²) in [6.07, 6.45) is 6.94. The highest BCUT2D eigenvalue weighted by Gasteiger charge is 2.24. The highest BCUT2D eigenvalue weighted by atomic mass is 127. The van der Waals surface area contributed by atoms with E-state index in [0.29, 0.717) is 12.2 Å². The maximum atomic E-state index is 5.89. The van der Waals surface area contributed by atoms with E-state index in [9.17, 15) is 0 Å². The van der Waals surface area contributed by atoms with Crippen LogP contribution in [0.4, 0.5) is 0 Å². The van der Waals surface area contributed by atoms with E-state index in [4.69, 9.17) is 4.74 Å². The molecule has 1 saturated heterocycles. The fourth-order valence-corrected chi connectivity index (χ4v) is 2.39. The van der Waals surface area contributed by atoms with Crippen LogP contribution in [-0.2, 0) is 11.3 Å². The van der Waals surface area contributed by atoms with Crippen molar-refractivity contribution in [1.29, 1.82) is 0 Å². The smallest absolute Gasteiger partial charge is 0.0776 e. The average molecular weight is 321 g/mol. The molecule has 0 aliphatic carbocycles. The number of hydrogen-bond donors (Lipinski definition) is 1. The van der Waals surface area contributed by atoms with Crippen LogP contribution in [0.15, 0.2) is 12.4 Å². The fourth-order valence-electron chi connectivity index (χ4n) is 1.94. The Morgan fingerprint density at radius 2 is 2.40 bits per heavy atom. The van der Waals surface area contributed by atoms with Crippen LogP contribution in [0.2, 0.25) is 0 Å². The Labute approximate surface area is 104 Å². The van der Waals surface area contributed by atoms with Gasteiger partial charge in [0, 0.05) is 12.7 Å². The standard InChI is InChI=1S/C10H16IN3O/c1-12-5-9-2-3-10(15-9)7-14-6-8(11)4-13-14/h4,6,9-10,12H,2-3,5,7H2,1H3. The van der Waals surface area contributed by atoms with Crippen molar-refractivity contribution in [3.63, 3.8) is 0 Å². The van der Waals surface area contributed by atoms with Gasteiger partial charge in [-0.15, -0.1) is 0 Å². The maximum absolute atomic E-state index is 5.89. The van der Waals surface area contributed by atoms with Gasteiger partial charge in [-0.25, -0.2) is 0 Å². The normalized spacial score (nSPS) is 26.0. The molecule has 2 atom stereocenters. The summed E-state index contributed by atoms with van der Waals surface area (Å²) in [5.74, 6) is 0. The molecule has 1 N–H and O–H groups in total. The summed E-state index contributed by atoms with van der Waals surface area (Å²) in [6.45, 7) is 1.83. The zero-order valence-electron chi connectivity index (χ0n) is 8.82. The van der Waals surface area contributed by atoms with Crippen LogP contribution in [0, 0.1) is 3.57 Å². The highest BCUT2D eigenvalue weighted by molar-refractivity contribution is 14.1. The average Bonchev–Trinajstić information content (AvgIpc) is 2.78. The minimum Gasteiger partial charge on any atom is -0.372 e. The van der Waals surface area contributed by atoms with Gasteiger partial charge in [0.1, 0.15) is 0 Å². The Morgan fingerprint density at radius 1 is 1.60 bits per heavy atom. The Hall–Kier alpha value is -0.140. The van der Waals surface area contributed by atoms with Gasteiger partial charge in [0.25, 0.3) is 0 Å². The predicted molar refractivity (Wildman–Crippen MR) is 66.8 cm³/mol. The van der Waals surface area contributed by atoms with E-state index in [1.54, 1.807) is 0 Å². The monoisotopic (exact) mass is 321 g/mol. The largest absolute Gasteiger partial charge is 0.372 e. The van der Waals surface area contributed by atoms with Gasteiger partial charge < -0.3 is 10.1 Å². The Balaban J connectivity index is 1.82. The minimum absolute atomic E-state index is 0.332. The molecule has 2 unspecified atom stereocenters. The third-order valence-corrected chi connectivity index (χ3v) is 3.18. The molecular formula is C10H16IN3O. The van der Waals surface area contributed by atoms with Gasteiger partial charge in [-0.3, -0.25) is 4.68 Å². The molecule has 2 rings (SSSR count). The van der Waals surface area contributed by atoms with Gasteiger partial charge in [0.15, 0.2) is 0 Å². The van der Waals surface area contributed by atoms with Crippen molar-refractivity contribution in [1.82, 2.24) is 15.1 Å². The first-order valence-corrected chi connectivity index (χ1v) is 6.34. The third kappa shape index (κ3) is 3.15. The molecule has 1 aromatic rings. The van der Waals surface area contributed by atoms with Gasteiger partial charge in [-0.05, 0) is 42.5 Å². The fraction of sp³-hybridized carbons (Fsp3) is 0.700. The Kier molecular flexibility index (Phi) is 3.99. The molecule has 0 amide bonds. The topological polar surface area (TPSA) is 39.1 Å². The van der Waals surface area contributed by atoms with Gasteiger partial charge in [0.05, 0.1) is 28.5 Å². The quantitative estimate of drug-likeness (QED) is 0.849. The van der Waals surface area contributed by atoms with E-state index >= 15 is 0 Å². The molecule has 4 nitrogen and oxygen atoms in total. The molecule has 1 aromatic heterocycles. The highest BCUT2D eigenvalue weighted by Crippen LogP contribution is 2.20. The number of nitrogens with zero attached hydrogens (tertiary/aromatic N) is 2. The molecule has 0 aromatic carbocycles. The molecule has 0 spiro atoms. The Bertz CT molecular complexity index is 315. The first-order valence-electron chi connectivity index (χ1n) is 5.26. The van der Waals surface area contributed by atoms with Gasteiger partial charge in [-0.2, -0.15) is 5.10 Å². The zero-order chi connectivity index (χ0) is 10.7. The van der Waals surface area contributed by atoms with Crippen molar-refractivity contribution in [2.45, 2.75) is 31.6 Å². The number of aromatic nitrogens is 2. The molecular weight excluding hydrogens is 305 g/mol. The maximum Gasteiger partial charge on any atom is 0.0776 e. The number of rotatable bonds is 4. The molecule has 1 fully saturated rings. The number of likely N-dealkylation sites (N-methyl/N-ethyl adjacent to an activating group) is 1. The summed E-state index contributed by atoms with van der Waals surface area (Å²) in [6, 6.07) is 0. The summed E-state index contributed by atoms with van der Waals surface area (Å²) in [5, 5.41) is 7.41. The van der Waals surface area contributed by atoms with E-state index in [-0.39, 0.29) is 0 Å². The minimum atomic E-state index is 0.332. The van der Waals surface area contributed by atoms with E-state index in [0.717, 1.165) is 25.9 Å². The van der Waals surface area contributed by atoms with Gasteiger partial charge in [0.2, 0.25) is 0 Å². The molecule has 5 heteroatoms. The summed E-state index contributed by atoms with van der Waals surface area (Å²) >= 11 is 2.27. The van der Waals surface area contributed by atoms with Crippen molar-refractivity contribution >= 4 is 22.6 Å². The number of hydrogen-bond acceptors (Lipinski definition) is 3. The first kappa shape index (κ1) is 11.3. The SMILES string of the molecule is CNCC1CCC(Cn2cc(I)cn2)O1. The van der Waals surface area contributed by atoms with E-state index in [2.05, 4.69) is 39.2 Å². The van der Waals surface area contributed by atoms with Crippen LogP contribution in [0.25, 0.3) is 0 Å². The molecule has 0 radical (unpaired) electrons. The van der Waals surface area contributed by atoms with Crippen molar-refractivity contribution in [2.24, 2.45) is 0 Å². The second-order valence-corrected chi connectivity index (χ2v) is 5.14. The lowest BCUT2D eigenvalue weighted by Gasteiger charge is -2.13. The summed E-state index contributed by atoms with van der Waals surface area (Å²) in [7, 11) is 1.96. The first-order chi connectivity index (χ1) is 7.28. The van der Waals surface area contributed by atoms with Crippen LogP contribution in [-0.4, -0.2) is 35.6 Å². The van der Waals surface area contributed by atoms with Crippen molar-refractivity contribution < 1.29 is 4.74 Å². The summed E-state index contributed by atoms with van der Waals surface area (Å²) < 4.78 is 9.03. The second kappa shape index (κ2) is 5.27. The van der Waals surface area contributed by atoms with E-state index in [1.807, 2.05) is 17.9 Å². The molecule has 15 heavy (non-hydrogen) atoms. The molecule has 1 aliphatic heterocycles.